The van der Waals surface area contributed by atoms with Crippen molar-refractivity contribution in [2.45, 2.75) is 79.3 Å². The molecule has 0 saturated carbocycles. The van der Waals surface area contributed by atoms with Crippen molar-refractivity contribution in [3.63, 3.8) is 0 Å². The summed E-state index contributed by atoms with van der Waals surface area (Å²) in [4.78, 5) is 31.3. The molecule has 7 heteroatoms. The summed E-state index contributed by atoms with van der Waals surface area (Å²) < 4.78 is 2.33. The van der Waals surface area contributed by atoms with Crippen LogP contribution in [-0.4, -0.2) is 32.6 Å². The van der Waals surface area contributed by atoms with Crippen LogP contribution in [0.1, 0.15) is 87.9 Å². The number of nitrogens with zero attached hydrogens (tertiary/aromatic N) is 2. The summed E-state index contributed by atoms with van der Waals surface area (Å²) in [6, 6.07) is 9.68. The first-order chi connectivity index (χ1) is 16.1. The standard InChI is InChI=1S/C27H37N3O3S/c1-7-19(8-2)30-22-12-11-18(15-21(22)28-24(30)16-20-10-9-13-34-20)25(31)29-23(14-17(3)4)27(5,6)26(32)33/h9-13,15,17,19,23H,7-8,14,16H2,1-6H3,(H,29,31)(H,32,33)/t23-/m0/s1. The highest BCUT2D eigenvalue weighted by atomic mass is 32.1. The van der Waals surface area contributed by atoms with Crippen molar-refractivity contribution in [1.82, 2.24) is 14.9 Å². The van der Waals surface area contributed by atoms with Crippen LogP contribution in [0.5, 0.6) is 0 Å². The van der Waals surface area contributed by atoms with Crippen LogP contribution in [0.4, 0.5) is 0 Å². The summed E-state index contributed by atoms with van der Waals surface area (Å²) in [5.41, 5.74) is 1.25. The van der Waals surface area contributed by atoms with Gasteiger partial charge in [-0.05, 0) is 68.7 Å². The predicted molar refractivity (Wildman–Crippen MR) is 139 cm³/mol. The molecule has 0 spiro atoms. The topological polar surface area (TPSA) is 84.2 Å². The van der Waals surface area contributed by atoms with E-state index in [-0.39, 0.29) is 11.8 Å². The molecule has 1 amide bonds. The van der Waals surface area contributed by atoms with E-state index in [4.69, 9.17) is 4.98 Å². The molecule has 0 aliphatic carbocycles. The Morgan fingerprint density at radius 2 is 1.88 bits per heavy atom. The van der Waals surface area contributed by atoms with Crippen molar-refractivity contribution in [1.29, 1.82) is 0 Å². The number of rotatable bonds is 11. The number of nitrogens with one attached hydrogen (secondary N) is 1. The zero-order valence-electron chi connectivity index (χ0n) is 21.1. The van der Waals surface area contributed by atoms with Crippen LogP contribution in [0.15, 0.2) is 35.7 Å². The molecule has 2 aromatic heterocycles. The summed E-state index contributed by atoms with van der Waals surface area (Å²) in [5, 5.41) is 14.8. The van der Waals surface area contributed by atoms with E-state index in [0.29, 0.717) is 18.0 Å². The Bertz CT molecular complexity index is 1130. The van der Waals surface area contributed by atoms with Gasteiger partial charge in [-0.2, -0.15) is 0 Å². The molecular weight excluding hydrogens is 446 g/mol. The van der Waals surface area contributed by atoms with Gasteiger partial charge in [-0.25, -0.2) is 4.98 Å². The van der Waals surface area contributed by atoms with Gasteiger partial charge in [0.05, 0.1) is 16.4 Å². The molecule has 6 nitrogen and oxygen atoms in total. The predicted octanol–water partition coefficient (Wildman–Crippen LogP) is 6.31. The van der Waals surface area contributed by atoms with Crippen LogP contribution < -0.4 is 5.32 Å². The fourth-order valence-corrected chi connectivity index (χ4v) is 5.14. The van der Waals surface area contributed by atoms with Gasteiger partial charge in [0, 0.05) is 28.9 Å². The molecule has 2 N–H and O–H groups in total. The van der Waals surface area contributed by atoms with Crippen LogP contribution in [0.25, 0.3) is 11.0 Å². The van der Waals surface area contributed by atoms with Crippen LogP contribution in [0.2, 0.25) is 0 Å². The molecule has 0 radical (unpaired) electrons. The Labute approximate surface area is 206 Å². The highest BCUT2D eigenvalue weighted by molar-refractivity contribution is 7.09. The minimum atomic E-state index is -1.07. The molecule has 1 atom stereocenters. The number of benzene rings is 1. The summed E-state index contributed by atoms with van der Waals surface area (Å²) >= 11 is 1.72. The Balaban J connectivity index is 1.97. The second-order valence-corrected chi connectivity index (χ2v) is 11.0. The van der Waals surface area contributed by atoms with E-state index in [9.17, 15) is 14.7 Å². The molecule has 3 rings (SSSR count). The maximum absolute atomic E-state index is 13.2. The number of carbonyl (C=O) groups is 2. The summed E-state index contributed by atoms with van der Waals surface area (Å²) in [6.07, 6.45) is 3.35. The first-order valence-corrected chi connectivity index (χ1v) is 13.0. The van der Waals surface area contributed by atoms with Crippen LogP contribution in [-0.2, 0) is 11.2 Å². The highest BCUT2D eigenvalue weighted by Gasteiger charge is 2.38. The van der Waals surface area contributed by atoms with Crippen LogP contribution >= 0.6 is 11.3 Å². The number of hydrogen-bond donors (Lipinski definition) is 2. The van der Waals surface area contributed by atoms with Gasteiger partial charge >= 0.3 is 5.97 Å². The van der Waals surface area contributed by atoms with Gasteiger partial charge in [0.1, 0.15) is 5.82 Å². The molecule has 1 aromatic carbocycles. The summed E-state index contributed by atoms with van der Waals surface area (Å²) in [7, 11) is 0. The SMILES string of the molecule is CCC(CC)n1c(Cc2cccs2)nc2cc(C(=O)N[C@@H](CC(C)C)C(C)(C)C(=O)O)ccc21. The molecule has 0 saturated heterocycles. The molecule has 0 aliphatic heterocycles. The molecule has 0 fully saturated rings. The normalized spacial score (nSPS) is 13.1. The van der Waals surface area contributed by atoms with Crippen molar-refractivity contribution in [2.75, 3.05) is 0 Å². The highest BCUT2D eigenvalue weighted by Crippen LogP contribution is 2.30. The molecule has 0 unspecified atom stereocenters. The number of carboxylic acids is 1. The smallest absolute Gasteiger partial charge is 0.311 e. The number of thiophene rings is 1. The minimum Gasteiger partial charge on any atom is -0.481 e. The zero-order chi connectivity index (χ0) is 25.0. The van der Waals surface area contributed by atoms with Gasteiger partial charge in [0.15, 0.2) is 0 Å². The first-order valence-electron chi connectivity index (χ1n) is 12.2. The third kappa shape index (κ3) is 5.52. The zero-order valence-corrected chi connectivity index (χ0v) is 21.9. The van der Waals surface area contributed by atoms with Gasteiger partial charge in [-0.15, -0.1) is 11.3 Å². The van der Waals surface area contributed by atoms with E-state index in [1.165, 1.54) is 4.88 Å². The number of aliphatic carboxylic acids is 1. The molecule has 0 bridgehead atoms. The van der Waals surface area contributed by atoms with Gasteiger partial charge in [0.2, 0.25) is 0 Å². The van der Waals surface area contributed by atoms with E-state index < -0.39 is 17.4 Å². The molecular formula is C27H37N3O3S. The Morgan fingerprint density at radius 3 is 2.44 bits per heavy atom. The Morgan fingerprint density at radius 1 is 1.18 bits per heavy atom. The number of carboxylic acid groups (broad SMARTS) is 1. The lowest BCUT2D eigenvalue weighted by atomic mass is 9.80. The fourth-order valence-electron chi connectivity index (χ4n) is 4.44. The van der Waals surface area contributed by atoms with Crippen LogP contribution in [0, 0.1) is 11.3 Å². The molecule has 2 heterocycles. The number of aromatic nitrogens is 2. The van der Waals surface area contributed by atoms with Gasteiger partial charge < -0.3 is 15.0 Å². The average molecular weight is 484 g/mol. The van der Waals surface area contributed by atoms with Crippen molar-refractivity contribution < 1.29 is 14.7 Å². The maximum Gasteiger partial charge on any atom is 0.311 e. The molecule has 0 aliphatic rings. The van der Waals surface area contributed by atoms with E-state index in [1.54, 1.807) is 25.2 Å². The van der Waals surface area contributed by atoms with Crippen molar-refractivity contribution in [2.24, 2.45) is 11.3 Å². The molecule has 3 aromatic rings. The average Bonchev–Trinajstić information content (AvgIpc) is 3.41. The maximum atomic E-state index is 13.2. The van der Waals surface area contributed by atoms with Crippen molar-refractivity contribution >= 4 is 34.2 Å². The lowest BCUT2D eigenvalue weighted by Gasteiger charge is -2.32. The van der Waals surface area contributed by atoms with Gasteiger partial charge in [0.25, 0.3) is 5.91 Å². The largest absolute Gasteiger partial charge is 0.481 e. The van der Waals surface area contributed by atoms with E-state index in [2.05, 4.69) is 41.2 Å². The minimum absolute atomic E-state index is 0.252. The molecule has 34 heavy (non-hydrogen) atoms. The monoisotopic (exact) mass is 483 g/mol. The van der Waals surface area contributed by atoms with Crippen molar-refractivity contribution in [3.8, 4) is 0 Å². The quantitative estimate of drug-likeness (QED) is 0.335. The van der Waals surface area contributed by atoms with Gasteiger partial charge in [-0.3, -0.25) is 9.59 Å². The van der Waals surface area contributed by atoms with Crippen molar-refractivity contribution in [3.05, 3.63) is 52.0 Å². The number of imidazole rings is 1. The summed E-state index contributed by atoms with van der Waals surface area (Å²) in [5.74, 6) is 0.0742. The van der Waals surface area contributed by atoms with Gasteiger partial charge in [-0.1, -0.05) is 33.8 Å². The number of carbonyl (C=O) groups excluding carboxylic acids is 1. The molecule has 184 valence electrons. The second-order valence-electron chi connectivity index (χ2n) is 10.0. The third-order valence-corrected chi connectivity index (χ3v) is 7.56. The summed E-state index contributed by atoms with van der Waals surface area (Å²) in [6.45, 7) is 11.8. The van der Waals surface area contributed by atoms with E-state index >= 15 is 0 Å². The number of amides is 1. The second kappa shape index (κ2) is 10.7. The van der Waals surface area contributed by atoms with E-state index in [0.717, 1.165) is 36.1 Å². The fraction of sp³-hybridized carbons (Fsp3) is 0.519. The lowest BCUT2D eigenvalue weighted by Crippen LogP contribution is -2.49. The number of fused-ring (bicyclic) bond motifs is 1. The number of hydrogen-bond acceptors (Lipinski definition) is 4. The lowest BCUT2D eigenvalue weighted by molar-refractivity contribution is -0.148. The Hall–Kier alpha value is -2.67. The van der Waals surface area contributed by atoms with E-state index in [1.807, 2.05) is 32.0 Å². The third-order valence-electron chi connectivity index (χ3n) is 6.68. The van der Waals surface area contributed by atoms with Crippen LogP contribution in [0.3, 0.4) is 0 Å². The first kappa shape index (κ1) is 25.9. The Kier molecular flexibility index (Phi) is 8.18.